The molecule has 1 amide bonds. The molecule has 0 fully saturated rings. The second kappa shape index (κ2) is 5.55. The molecule has 0 aliphatic heterocycles. The zero-order chi connectivity index (χ0) is 13.8. The molecule has 94 valence electrons. The number of amides is 1. The van der Waals surface area contributed by atoms with Gasteiger partial charge >= 0.3 is 0 Å². The predicted molar refractivity (Wildman–Crippen MR) is 73.9 cm³/mol. The van der Waals surface area contributed by atoms with Gasteiger partial charge in [-0.1, -0.05) is 0 Å². The first-order valence-corrected chi connectivity index (χ1v) is 6.17. The van der Waals surface area contributed by atoms with Gasteiger partial charge in [-0.3, -0.25) is 4.79 Å². The standard InChI is InChI=1S/C14H9BrN2O2/c15-12-7-9(8-16)1-6-13(12)19-11-4-2-10(3-5-11)14(17)18/h1-7H,(H2,17,18). The van der Waals surface area contributed by atoms with Crippen LogP contribution in [0.5, 0.6) is 11.5 Å². The fourth-order valence-corrected chi connectivity index (χ4v) is 1.93. The number of ether oxygens (including phenoxy) is 1. The smallest absolute Gasteiger partial charge is 0.248 e. The second-order valence-electron chi connectivity index (χ2n) is 3.75. The third-order valence-corrected chi connectivity index (χ3v) is 3.05. The minimum atomic E-state index is -0.480. The van der Waals surface area contributed by atoms with Crippen molar-refractivity contribution in [2.75, 3.05) is 0 Å². The maximum atomic E-state index is 10.9. The molecule has 4 nitrogen and oxygen atoms in total. The summed E-state index contributed by atoms with van der Waals surface area (Å²) in [7, 11) is 0. The number of hydrogen-bond acceptors (Lipinski definition) is 3. The van der Waals surface area contributed by atoms with Crippen LogP contribution in [0.1, 0.15) is 15.9 Å². The maximum absolute atomic E-state index is 10.9. The molecule has 0 heterocycles. The quantitative estimate of drug-likeness (QED) is 0.944. The summed E-state index contributed by atoms with van der Waals surface area (Å²) in [6.07, 6.45) is 0. The van der Waals surface area contributed by atoms with Gasteiger partial charge in [-0.05, 0) is 58.4 Å². The number of rotatable bonds is 3. The fourth-order valence-electron chi connectivity index (χ4n) is 1.47. The lowest BCUT2D eigenvalue weighted by atomic mass is 10.2. The zero-order valence-corrected chi connectivity index (χ0v) is 11.3. The molecule has 19 heavy (non-hydrogen) atoms. The van der Waals surface area contributed by atoms with Crippen molar-refractivity contribution in [2.24, 2.45) is 5.73 Å². The van der Waals surface area contributed by atoms with Crippen molar-refractivity contribution in [3.63, 3.8) is 0 Å². The van der Waals surface area contributed by atoms with Crippen molar-refractivity contribution in [2.45, 2.75) is 0 Å². The number of primary amides is 1. The SMILES string of the molecule is N#Cc1ccc(Oc2ccc(C(N)=O)cc2)c(Br)c1. The van der Waals surface area contributed by atoms with Gasteiger partial charge in [0.25, 0.3) is 0 Å². The van der Waals surface area contributed by atoms with E-state index < -0.39 is 5.91 Å². The van der Waals surface area contributed by atoms with E-state index in [1.54, 1.807) is 42.5 Å². The molecule has 0 unspecified atom stereocenters. The van der Waals surface area contributed by atoms with Crippen LogP contribution >= 0.6 is 15.9 Å². The van der Waals surface area contributed by atoms with Crippen LogP contribution in [0.4, 0.5) is 0 Å². The maximum Gasteiger partial charge on any atom is 0.248 e. The van der Waals surface area contributed by atoms with Crippen LogP contribution < -0.4 is 10.5 Å². The lowest BCUT2D eigenvalue weighted by Crippen LogP contribution is -2.10. The van der Waals surface area contributed by atoms with E-state index in [1.807, 2.05) is 6.07 Å². The zero-order valence-electron chi connectivity index (χ0n) is 9.76. The van der Waals surface area contributed by atoms with E-state index in [-0.39, 0.29) is 0 Å². The lowest BCUT2D eigenvalue weighted by Gasteiger charge is -2.08. The number of hydrogen-bond donors (Lipinski definition) is 1. The van der Waals surface area contributed by atoms with Gasteiger partial charge < -0.3 is 10.5 Å². The summed E-state index contributed by atoms with van der Waals surface area (Å²) in [4.78, 5) is 10.9. The third kappa shape index (κ3) is 3.12. The van der Waals surface area contributed by atoms with Gasteiger partial charge in [0.2, 0.25) is 5.91 Å². The highest BCUT2D eigenvalue weighted by atomic mass is 79.9. The highest BCUT2D eigenvalue weighted by Crippen LogP contribution is 2.30. The average molecular weight is 317 g/mol. The molecule has 0 saturated heterocycles. The summed E-state index contributed by atoms with van der Waals surface area (Å²) in [5.74, 6) is 0.687. The van der Waals surface area contributed by atoms with Crippen LogP contribution in [0.25, 0.3) is 0 Å². The summed E-state index contributed by atoms with van der Waals surface area (Å²) in [6.45, 7) is 0. The van der Waals surface area contributed by atoms with Crippen LogP contribution in [0, 0.1) is 11.3 Å². The molecule has 0 spiro atoms. The molecule has 5 heteroatoms. The molecule has 2 N–H and O–H groups in total. The van der Waals surface area contributed by atoms with Crippen LogP contribution in [-0.4, -0.2) is 5.91 Å². The minimum Gasteiger partial charge on any atom is -0.456 e. The van der Waals surface area contributed by atoms with Gasteiger partial charge in [0.15, 0.2) is 0 Å². The topological polar surface area (TPSA) is 76.1 Å². The number of carbonyl (C=O) groups is 1. The van der Waals surface area contributed by atoms with Gasteiger partial charge in [-0.2, -0.15) is 5.26 Å². The Morgan fingerprint density at radius 1 is 1.21 bits per heavy atom. The summed E-state index contributed by atoms with van der Waals surface area (Å²) in [5, 5.41) is 8.77. The Morgan fingerprint density at radius 3 is 2.42 bits per heavy atom. The molecular formula is C14H9BrN2O2. The molecular weight excluding hydrogens is 308 g/mol. The Bertz CT molecular complexity index is 660. The van der Waals surface area contributed by atoms with Gasteiger partial charge in [-0.25, -0.2) is 0 Å². The van der Waals surface area contributed by atoms with Gasteiger partial charge in [0.05, 0.1) is 16.1 Å². The number of nitriles is 1. The number of benzene rings is 2. The Balaban J connectivity index is 2.22. The largest absolute Gasteiger partial charge is 0.456 e. The van der Waals surface area contributed by atoms with Gasteiger partial charge in [0.1, 0.15) is 11.5 Å². The fraction of sp³-hybridized carbons (Fsp3) is 0. The number of carbonyl (C=O) groups excluding carboxylic acids is 1. The summed E-state index contributed by atoms with van der Waals surface area (Å²) in [5.41, 5.74) is 6.12. The number of nitrogens with zero attached hydrogens (tertiary/aromatic N) is 1. The van der Waals surface area contributed by atoms with Crippen molar-refractivity contribution in [1.29, 1.82) is 5.26 Å². The summed E-state index contributed by atoms with van der Waals surface area (Å²) < 4.78 is 6.32. The highest BCUT2D eigenvalue weighted by molar-refractivity contribution is 9.10. The Hall–Kier alpha value is -2.32. The molecule has 0 saturated carbocycles. The normalized spacial score (nSPS) is 9.68. The Morgan fingerprint density at radius 2 is 1.89 bits per heavy atom. The first-order chi connectivity index (χ1) is 9.10. The Labute approximate surface area is 118 Å². The molecule has 0 atom stereocenters. The molecule has 0 aliphatic rings. The molecule has 2 aromatic carbocycles. The van der Waals surface area contributed by atoms with Crippen molar-refractivity contribution < 1.29 is 9.53 Å². The average Bonchev–Trinajstić information content (AvgIpc) is 2.41. The predicted octanol–water partition coefficient (Wildman–Crippen LogP) is 3.21. The third-order valence-electron chi connectivity index (χ3n) is 2.43. The second-order valence-corrected chi connectivity index (χ2v) is 4.60. The van der Waals surface area contributed by atoms with E-state index in [9.17, 15) is 4.79 Å². The Kier molecular flexibility index (Phi) is 3.83. The van der Waals surface area contributed by atoms with Crippen molar-refractivity contribution in [1.82, 2.24) is 0 Å². The number of nitrogens with two attached hydrogens (primary N) is 1. The van der Waals surface area contributed by atoms with Gasteiger partial charge in [-0.15, -0.1) is 0 Å². The van der Waals surface area contributed by atoms with Crippen LogP contribution in [0.3, 0.4) is 0 Å². The van der Waals surface area contributed by atoms with Crippen LogP contribution in [0.15, 0.2) is 46.9 Å². The van der Waals surface area contributed by atoms with E-state index in [2.05, 4.69) is 15.9 Å². The van der Waals surface area contributed by atoms with Crippen molar-refractivity contribution in [3.8, 4) is 17.6 Å². The van der Waals surface area contributed by atoms with E-state index in [1.165, 1.54) is 0 Å². The van der Waals surface area contributed by atoms with E-state index >= 15 is 0 Å². The lowest BCUT2D eigenvalue weighted by molar-refractivity contribution is 0.100. The molecule has 0 aliphatic carbocycles. The molecule has 0 aromatic heterocycles. The minimum absolute atomic E-state index is 0.422. The summed E-state index contributed by atoms with van der Waals surface area (Å²) >= 11 is 3.33. The van der Waals surface area contributed by atoms with E-state index in [0.717, 1.165) is 0 Å². The molecule has 2 aromatic rings. The highest BCUT2D eigenvalue weighted by Gasteiger charge is 2.05. The number of halogens is 1. The van der Waals surface area contributed by atoms with E-state index in [4.69, 9.17) is 15.7 Å². The molecule has 0 bridgehead atoms. The summed E-state index contributed by atoms with van der Waals surface area (Å²) in [6, 6.07) is 13.6. The van der Waals surface area contributed by atoms with Gasteiger partial charge in [0, 0.05) is 5.56 Å². The molecule has 0 radical (unpaired) electrons. The van der Waals surface area contributed by atoms with Crippen LogP contribution in [0.2, 0.25) is 0 Å². The first kappa shape index (κ1) is 13.1. The van der Waals surface area contributed by atoms with E-state index in [0.29, 0.717) is 27.1 Å². The van der Waals surface area contributed by atoms with Crippen LogP contribution in [-0.2, 0) is 0 Å². The first-order valence-electron chi connectivity index (χ1n) is 5.37. The monoisotopic (exact) mass is 316 g/mol. The van der Waals surface area contributed by atoms with Crippen molar-refractivity contribution >= 4 is 21.8 Å². The molecule has 2 rings (SSSR count). The van der Waals surface area contributed by atoms with Crippen molar-refractivity contribution in [3.05, 3.63) is 58.1 Å².